The van der Waals surface area contributed by atoms with E-state index in [-0.39, 0.29) is 23.2 Å². The minimum atomic E-state index is -0.561. The molecule has 0 saturated carbocycles. The highest BCUT2D eigenvalue weighted by Gasteiger charge is 2.19. The van der Waals surface area contributed by atoms with Gasteiger partial charge in [-0.25, -0.2) is 4.39 Å². The molecule has 6 rings (SSSR count). The van der Waals surface area contributed by atoms with Crippen LogP contribution in [-0.2, 0) is 11.2 Å². The van der Waals surface area contributed by atoms with Crippen LogP contribution >= 0.6 is 23.6 Å². The molecule has 0 bridgehead atoms. The van der Waals surface area contributed by atoms with Crippen LogP contribution in [0.3, 0.4) is 0 Å². The summed E-state index contributed by atoms with van der Waals surface area (Å²) < 4.78 is 21.9. The molecule has 3 N–H and O–H groups in total. The van der Waals surface area contributed by atoms with E-state index in [1.165, 1.54) is 38.1 Å². The van der Waals surface area contributed by atoms with Gasteiger partial charge in [-0.15, -0.1) is 11.3 Å². The van der Waals surface area contributed by atoms with Crippen molar-refractivity contribution in [3.8, 4) is 11.5 Å². The Morgan fingerprint density at radius 2 is 1.90 bits per heavy atom. The molecule has 2 aliphatic heterocycles. The van der Waals surface area contributed by atoms with Crippen molar-refractivity contribution in [1.29, 1.82) is 0 Å². The number of thiocarbonyl (C=S) groups is 1. The average molecular weight is 603 g/mol. The van der Waals surface area contributed by atoms with Gasteiger partial charge < -0.3 is 30.5 Å². The Bertz CT molecular complexity index is 1620. The summed E-state index contributed by atoms with van der Waals surface area (Å²) in [4.78, 5) is 22.7. The minimum Gasteiger partial charge on any atom is -0.453 e. The molecule has 4 heterocycles. The highest BCUT2D eigenvalue weighted by atomic mass is 32.1. The lowest BCUT2D eigenvalue weighted by Gasteiger charge is -2.19. The summed E-state index contributed by atoms with van der Waals surface area (Å²) in [5.74, 6) is -0.208. The van der Waals surface area contributed by atoms with Gasteiger partial charge in [0.1, 0.15) is 5.75 Å². The second-order valence-corrected chi connectivity index (χ2v) is 11.7. The molecule has 1 saturated heterocycles. The number of pyridine rings is 1. The third kappa shape index (κ3) is 6.87. The number of hydrogen-bond acceptors (Lipinski definition) is 8. The molecule has 8 nitrogen and oxygen atoms in total. The van der Waals surface area contributed by atoms with Gasteiger partial charge in [0.2, 0.25) is 5.91 Å². The van der Waals surface area contributed by atoms with Gasteiger partial charge in [0.05, 0.1) is 33.9 Å². The van der Waals surface area contributed by atoms with Crippen LogP contribution in [0, 0.1) is 5.82 Å². The summed E-state index contributed by atoms with van der Waals surface area (Å²) in [6, 6.07) is 17.6. The Labute approximate surface area is 253 Å². The molecule has 0 aliphatic carbocycles. The van der Waals surface area contributed by atoms with Gasteiger partial charge in [-0.3, -0.25) is 9.78 Å². The van der Waals surface area contributed by atoms with E-state index in [0.717, 1.165) is 46.1 Å². The third-order valence-corrected chi connectivity index (χ3v) is 8.57. The van der Waals surface area contributed by atoms with Gasteiger partial charge in [0.25, 0.3) is 0 Å². The van der Waals surface area contributed by atoms with Crippen LogP contribution in [-0.4, -0.2) is 58.7 Å². The highest BCUT2D eigenvalue weighted by Crippen LogP contribution is 2.38. The van der Waals surface area contributed by atoms with Crippen LogP contribution in [0.2, 0.25) is 0 Å². The summed E-state index contributed by atoms with van der Waals surface area (Å²) in [5.41, 5.74) is 3.12. The maximum absolute atomic E-state index is 15.1. The summed E-state index contributed by atoms with van der Waals surface area (Å²) in [5, 5.41) is 9.07. The molecule has 1 fully saturated rings. The number of carbonyl (C=O) groups is 1. The number of hydrogen-bond donors (Lipinski definition) is 3. The Kier molecular flexibility index (Phi) is 8.59. The molecule has 0 radical (unpaired) electrons. The Morgan fingerprint density at radius 3 is 2.71 bits per heavy atom. The number of nitrogens with zero attached hydrogens (tertiary/aromatic N) is 3. The van der Waals surface area contributed by atoms with Crippen molar-refractivity contribution in [3.63, 3.8) is 0 Å². The Balaban J connectivity index is 1.08. The van der Waals surface area contributed by atoms with E-state index in [1.54, 1.807) is 29.7 Å². The molecule has 0 atom stereocenters. The first-order valence-corrected chi connectivity index (χ1v) is 15.2. The standard InChI is InChI=1S/C31H31FN6O2S2/c32-23-17-22(35-31(41)36-29(39)16-21-6-2-1-3-7-21)8-9-26(23)40-27-10-11-33-24-18-28(42-30(24)27)25-19-38(20-34-25)15-14-37-12-4-5-13-37/h1-3,6-11,17-19,34H,4-5,12-16,20H2,(H2,35,36,39,41). The average Bonchev–Trinajstić information content (AvgIpc) is 3.75. The molecular weight excluding hydrogens is 572 g/mol. The third-order valence-electron chi connectivity index (χ3n) is 7.20. The van der Waals surface area contributed by atoms with Gasteiger partial charge in [0, 0.05) is 43.3 Å². The number of aromatic nitrogens is 1. The molecule has 4 aromatic rings. The fourth-order valence-corrected chi connectivity index (χ4v) is 6.34. The SMILES string of the molecule is O=C(Cc1ccccc1)NC(=S)Nc1ccc(Oc2ccnc3cc(C4=CN(CCN5CCCC5)CN4)sc23)c(F)c1. The summed E-state index contributed by atoms with van der Waals surface area (Å²) in [6.07, 6.45) is 6.62. The number of carbonyl (C=O) groups excluding carboxylic acids is 1. The molecular formula is C31H31FN6O2S2. The van der Waals surface area contributed by atoms with Crippen LogP contribution in [0.15, 0.2) is 73.1 Å². The first-order chi connectivity index (χ1) is 20.5. The molecule has 0 spiro atoms. The molecule has 2 aromatic heterocycles. The van der Waals surface area contributed by atoms with Crippen molar-refractivity contribution < 1.29 is 13.9 Å². The van der Waals surface area contributed by atoms with E-state index in [1.807, 2.05) is 36.4 Å². The number of anilines is 1. The number of likely N-dealkylation sites (tertiary alicyclic amines) is 1. The van der Waals surface area contributed by atoms with Gasteiger partial charge in [-0.2, -0.15) is 0 Å². The van der Waals surface area contributed by atoms with Gasteiger partial charge in [0.15, 0.2) is 16.7 Å². The van der Waals surface area contributed by atoms with Gasteiger partial charge >= 0.3 is 0 Å². The topological polar surface area (TPSA) is 81.8 Å². The monoisotopic (exact) mass is 602 g/mol. The predicted molar refractivity (Wildman–Crippen MR) is 169 cm³/mol. The largest absolute Gasteiger partial charge is 0.453 e. The second-order valence-electron chi connectivity index (χ2n) is 10.3. The molecule has 1 amide bonds. The van der Waals surface area contributed by atoms with E-state index in [2.05, 4.69) is 36.9 Å². The van der Waals surface area contributed by atoms with Crippen molar-refractivity contribution >= 4 is 56.2 Å². The lowest BCUT2D eigenvalue weighted by atomic mass is 10.1. The van der Waals surface area contributed by atoms with Crippen molar-refractivity contribution in [1.82, 2.24) is 25.4 Å². The number of ether oxygens (including phenoxy) is 1. The maximum atomic E-state index is 15.1. The molecule has 0 unspecified atom stereocenters. The van der Waals surface area contributed by atoms with Crippen molar-refractivity contribution in [3.05, 3.63) is 89.3 Å². The van der Waals surface area contributed by atoms with Crippen LogP contribution in [0.5, 0.6) is 11.5 Å². The zero-order valence-corrected chi connectivity index (χ0v) is 24.6. The lowest BCUT2D eigenvalue weighted by Crippen LogP contribution is -2.35. The van der Waals surface area contributed by atoms with Crippen molar-refractivity contribution in [2.75, 3.05) is 38.2 Å². The minimum absolute atomic E-state index is 0.0772. The number of nitrogens with one attached hydrogen (secondary N) is 3. The summed E-state index contributed by atoms with van der Waals surface area (Å²) in [7, 11) is 0. The Morgan fingerprint density at radius 1 is 1.07 bits per heavy atom. The van der Waals surface area contributed by atoms with Crippen molar-refractivity contribution in [2.24, 2.45) is 0 Å². The van der Waals surface area contributed by atoms with E-state index < -0.39 is 5.82 Å². The van der Waals surface area contributed by atoms with Crippen LogP contribution in [0.4, 0.5) is 10.1 Å². The van der Waals surface area contributed by atoms with Gasteiger partial charge in [-0.05, 0) is 61.9 Å². The fraction of sp³-hybridized carbons (Fsp3) is 0.258. The zero-order valence-electron chi connectivity index (χ0n) is 22.9. The first-order valence-electron chi connectivity index (χ1n) is 13.9. The van der Waals surface area contributed by atoms with Crippen LogP contribution in [0.1, 0.15) is 23.3 Å². The normalized spacial score (nSPS) is 15.0. The number of halogens is 1. The van der Waals surface area contributed by atoms with E-state index in [4.69, 9.17) is 17.0 Å². The fourth-order valence-electron chi connectivity index (χ4n) is 5.05. The Hall–Kier alpha value is -4.06. The molecule has 11 heteroatoms. The summed E-state index contributed by atoms with van der Waals surface area (Å²) >= 11 is 6.80. The van der Waals surface area contributed by atoms with Crippen molar-refractivity contribution in [2.45, 2.75) is 19.3 Å². The summed E-state index contributed by atoms with van der Waals surface area (Å²) in [6.45, 7) is 5.24. The van der Waals surface area contributed by atoms with Gasteiger partial charge in [-0.1, -0.05) is 30.3 Å². The highest BCUT2D eigenvalue weighted by molar-refractivity contribution is 7.80. The second kappa shape index (κ2) is 12.8. The number of fused-ring (bicyclic) bond motifs is 1. The molecule has 42 heavy (non-hydrogen) atoms. The molecule has 2 aliphatic rings. The molecule has 216 valence electrons. The molecule has 2 aromatic carbocycles. The quantitative estimate of drug-likeness (QED) is 0.216. The van der Waals surface area contributed by atoms with E-state index in [0.29, 0.717) is 11.4 Å². The number of benzene rings is 2. The number of amides is 1. The van der Waals surface area contributed by atoms with Crippen LogP contribution < -0.4 is 20.7 Å². The number of rotatable bonds is 9. The number of thiophene rings is 1. The predicted octanol–water partition coefficient (Wildman–Crippen LogP) is 5.54. The van der Waals surface area contributed by atoms with E-state index in [9.17, 15) is 4.79 Å². The zero-order chi connectivity index (χ0) is 28.9. The van der Waals surface area contributed by atoms with E-state index >= 15 is 4.39 Å². The maximum Gasteiger partial charge on any atom is 0.230 e. The van der Waals surface area contributed by atoms with Crippen LogP contribution in [0.25, 0.3) is 15.9 Å². The first kappa shape index (κ1) is 28.1. The smallest absolute Gasteiger partial charge is 0.230 e. The lowest BCUT2D eigenvalue weighted by molar-refractivity contribution is -0.119.